The van der Waals surface area contributed by atoms with Gasteiger partial charge in [0.2, 0.25) is 21.5 Å². The maximum absolute atomic E-state index is 14.7. The molecule has 77 heavy (non-hydrogen) atoms. The zero-order valence-corrected chi connectivity index (χ0v) is 46.5. The Morgan fingerprint density at radius 1 is 0.571 bits per heavy atom. The number of alkyl carbamates (subject to hydrolysis) is 2. The molecule has 4 aromatic rings. The molecule has 1 aliphatic rings. The first kappa shape index (κ1) is 61.9. The topological polar surface area (TPSA) is 227 Å². The number of carbonyl (C=O) groups is 6. The van der Waals surface area contributed by atoms with Crippen molar-refractivity contribution >= 4 is 70.7 Å². The highest BCUT2D eigenvalue weighted by atomic mass is 35.6. The normalized spacial score (nSPS) is 18.7. The van der Waals surface area contributed by atoms with E-state index >= 15 is 0 Å². The number of rotatable bonds is 25. The zero-order chi connectivity index (χ0) is 56.1. The van der Waals surface area contributed by atoms with Crippen LogP contribution in [-0.4, -0.2) is 107 Å². The maximum atomic E-state index is 14.7. The van der Waals surface area contributed by atoms with E-state index in [1.165, 1.54) is 0 Å². The number of carbonyl (C=O) groups excluding carboxylic acids is 6. The fourth-order valence-corrected chi connectivity index (χ4v) is 8.06. The third-order valence-electron chi connectivity index (χ3n) is 11.7. The first-order valence-electron chi connectivity index (χ1n) is 25.2. The third-order valence-corrected chi connectivity index (χ3v) is 12.0. The zero-order valence-electron chi connectivity index (χ0n) is 44.2. The molecule has 5 rings (SSSR count). The lowest BCUT2D eigenvalue weighted by molar-refractivity contribution is -0.236. The van der Waals surface area contributed by atoms with E-state index in [-0.39, 0.29) is 33.0 Å². The van der Waals surface area contributed by atoms with E-state index < -0.39 is 119 Å². The Bertz CT molecular complexity index is 2490. The van der Waals surface area contributed by atoms with Crippen molar-refractivity contribution in [1.29, 1.82) is 0 Å². The Morgan fingerprint density at radius 3 is 1.56 bits per heavy atom. The van der Waals surface area contributed by atoms with Gasteiger partial charge in [0, 0.05) is 0 Å². The molecule has 0 spiro atoms. The summed E-state index contributed by atoms with van der Waals surface area (Å²) in [6.45, 7) is 11.1. The first-order chi connectivity index (χ1) is 36.5. The van der Waals surface area contributed by atoms with Crippen LogP contribution in [0.4, 0.5) is 9.59 Å². The van der Waals surface area contributed by atoms with Crippen LogP contribution in [0.25, 0.3) is 0 Å². The lowest BCUT2D eigenvalue weighted by atomic mass is 9.94. The smallest absolute Gasteiger partial charge is 0.408 e. The molecule has 5 N–H and O–H groups in total. The summed E-state index contributed by atoms with van der Waals surface area (Å²) >= 11 is 17.9. The molecule has 0 unspecified atom stereocenters. The van der Waals surface area contributed by atoms with Gasteiger partial charge in [-0.05, 0) is 54.9 Å². The van der Waals surface area contributed by atoms with Crippen molar-refractivity contribution in [3.05, 3.63) is 144 Å². The van der Waals surface area contributed by atoms with E-state index in [9.17, 15) is 28.8 Å². The molecule has 1 fully saturated rings. The summed E-state index contributed by atoms with van der Waals surface area (Å²) in [4.78, 5) is 83.8. The second-order valence-electron chi connectivity index (χ2n) is 20.0. The molecule has 8 atom stereocenters. The summed E-state index contributed by atoms with van der Waals surface area (Å²) in [6.07, 6.45) is -7.45. The SMILES string of the molecule is CC(C)[C@H](NC(=O)OCc1ccccc1)C(=O)N[C@@H](CC(=O)N[C@@H]1O[C@H](COCc2ccccc2)[C@@H](OCc2ccccc2)[C@H](OCc2ccccc2)[C@H]1NC(=O)OCC(Cl)(Cl)Cl)C(=O)N[C@H](C(=O)OC(C)(C)C)C(C)C. The van der Waals surface area contributed by atoms with Gasteiger partial charge in [0.1, 0.15) is 61.3 Å². The molecule has 0 aromatic heterocycles. The van der Waals surface area contributed by atoms with Gasteiger partial charge in [0.05, 0.1) is 32.8 Å². The van der Waals surface area contributed by atoms with Gasteiger partial charge >= 0.3 is 18.2 Å². The number of amides is 5. The van der Waals surface area contributed by atoms with Crippen LogP contribution in [0.1, 0.15) is 77.1 Å². The van der Waals surface area contributed by atoms with E-state index in [2.05, 4.69) is 26.6 Å². The third kappa shape index (κ3) is 21.8. The standard InChI is InChI=1S/C56H70Cl3N5O13/c1-35(2)44(63-53(69)74-32-40-26-18-11-19-27-40)50(67)60-41(49(66)62-45(36(3)4)52(68)77-55(5,6)7)28-43(65)61-51-46(64-54(70)75-34-56(57,58)59)48(73-31-39-24-16-10-17-25-39)47(72-30-38-22-14-9-15-23-38)42(76-51)33-71-29-37-20-12-8-13-21-37/h8-27,35-36,41-42,44-48,51H,28-34H2,1-7H3,(H,60,67)(H,61,65)(H,62,66)(H,63,69)(H,64,70)/t41-,42+,44-,45-,46+,47+,48+,51+/m0/s1. The summed E-state index contributed by atoms with van der Waals surface area (Å²) < 4.78 is 40.6. The van der Waals surface area contributed by atoms with Crippen LogP contribution >= 0.6 is 34.8 Å². The van der Waals surface area contributed by atoms with Crippen LogP contribution < -0.4 is 26.6 Å². The molecular formula is C56H70Cl3N5O13. The molecule has 5 amide bonds. The van der Waals surface area contributed by atoms with Crippen molar-refractivity contribution in [2.45, 2.75) is 139 Å². The van der Waals surface area contributed by atoms with Crippen molar-refractivity contribution in [2.24, 2.45) is 11.8 Å². The van der Waals surface area contributed by atoms with Crippen LogP contribution in [-0.2, 0) is 78.8 Å². The minimum atomic E-state index is -2.00. The highest BCUT2D eigenvalue weighted by molar-refractivity contribution is 6.67. The van der Waals surface area contributed by atoms with Crippen LogP contribution in [0, 0.1) is 11.8 Å². The van der Waals surface area contributed by atoms with Gasteiger partial charge in [-0.25, -0.2) is 14.4 Å². The molecule has 21 heteroatoms. The Morgan fingerprint density at radius 2 is 1.06 bits per heavy atom. The van der Waals surface area contributed by atoms with Gasteiger partial charge in [-0.3, -0.25) is 14.4 Å². The highest BCUT2D eigenvalue weighted by Crippen LogP contribution is 2.30. The van der Waals surface area contributed by atoms with E-state index in [0.717, 1.165) is 16.7 Å². The van der Waals surface area contributed by atoms with E-state index in [1.807, 2.05) is 97.1 Å². The number of halogens is 3. The summed E-state index contributed by atoms with van der Waals surface area (Å²) in [5, 5.41) is 13.4. The van der Waals surface area contributed by atoms with E-state index in [4.69, 9.17) is 68.0 Å². The number of benzene rings is 4. The van der Waals surface area contributed by atoms with E-state index in [1.54, 1.807) is 72.7 Å². The molecule has 0 aliphatic carbocycles. The minimum absolute atomic E-state index is 0.00979. The molecule has 1 saturated heterocycles. The number of ether oxygens (including phenoxy) is 7. The monoisotopic (exact) mass is 1130 g/mol. The number of hydrogen-bond donors (Lipinski definition) is 5. The molecular weight excluding hydrogens is 1060 g/mol. The number of hydrogen-bond acceptors (Lipinski definition) is 13. The first-order valence-corrected chi connectivity index (χ1v) is 26.4. The predicted molar refractivity (Wildman–Crippen MR) is 289 cm³/mol. The van der Waals surface area contributed by atoms with Gasteiger partial charge in [-0.2, -0.15) is 0 Å². The van der Waals surface area contributed by atoms with Crippen molar-refractivity contribution in [3.63, 3.8) is 0 Å². The van der Waals surface area contributed by atoms with Gasteiger partial charge < -0.3 is 59.7 Å². The van der Waals surface area contributed by atoms with Gasteiger partial charge in [-0.15, -0.1) is 0 Å². The van der Waals surface area contributed by atoms with Crippen LogP contribution in [0.5, 0.6) is 0 Å². The second kappa shape index (κ2) is 30.2. The molecule has 18 nitrogen and oxygen atoms in total. The molecule has 0 radical (unpaired) electrons. The number of nitrogens with one attached hydrogen (secondary N) is 5. The molecule has 0 saturated carbocycles. The Hall–Kier alpha value is -5.99. The van der Waals surface area contributed by atoms with Gasteiger partial charge in [-0.1, -0.05) is 184 Å². The average Bonchev–Trinajstić information content (AvgIpc) is 3.39. The van der Waals surface area contributed by atoms with Crippen molar-refractivity contribution in [2.75, 3.05) is 13.2 Å². The fraction of sp³-hybridized carbons (Fsp3) is 0.464. The molecule has 4 aromatic carbocycles. The lowest BCUT2D eigenvalue weighted by Gasteiger charge is -2.46. The number of esters is 1. The van der Waals surface area contributed by atoms with Crippen molar-refractivity contribution < 1.29 is 61.9 Å². The van der Waals surface area contributed by atoms with Gasteiger partial charge in [0.25, 0.3) is 0 Å². The maximum Gasteiger partial charge on any atom is 0.408 e. The van der Waals surface area contributed by atoms with Crippen molar-refractivity contribution in [1.82, 2.24) is 26.6 Å². The second-order valence-corrected chi connectivity index (χ2v) is 22.5. The minimum Gasteiger partial charge on any atom is -0.458 e. The predicted octanol–water partition coefficient (Wildman–Crippen LogP) is 7.99. The van der Waals surface area contributed by atoms with Crippen LogP contribution in [0.2, 0.25) is 0 Å². The average molecular weight is 1130 g/mol. The Labute approximate surface area is 465 Å². The molecule has 1 aliphatic heterocycles. The van der Waals surface area contributed by atoms with Crippen LogP contribution in [0.3, 0.4) is 0 Å². The van der Waals surface area contributed by atoms with Crippen LogP contribution in [0.15, 0.2) is 121 Å². The Balaban J connectivity index is 1.51. The summed E-state index contributed by atoms with van der Waals surface area (Å²) in [6, 6.07) is 31.3. The van der Waals surface area contributed by atoms with Crippen molar-refractivity contribution in [3.8, 4) is 0 Å². The molecule has 0 bridgehead atoms. The fourth-order valence-electron chi connectivity index (χ4n) is 7.90. The quantitative estimate of drug-likeness (QED) is 0.0241. The highest BCUT2D eigenvalue weighted by Gasteiger charge is 2.50. The van der Waals surface area contributed by atoms with E-state index in [0.29, 0.717) is 5.56 Å². The number of alkyl halides is 3. The Kier molecular flexibility index (Phi) is 24.3. The molecule has 1 heterocycles. The summed E-state index contributed by atoms with van der Waals surface area (Å²) in [7, 11) is 0. The largest absolute Gasteiger partial charge is 0.458 e. The van der Waals surface area contributed by atoms with Gasteiger partial charge in [0.15, 0.2) is 6.23 Å². The summed E-state index contributed by atoms with van der Waals surface area (Å²) in [5.74, 6) is -4.50. The lowest BCUT2D eigenvalue weighted by Crippen LogP contribution is -2.69. The summed E-state index contributed by atoms with van der Waals surface area (Å²) in [5.41, 5.74) is 2.20. The molecule has 418 valence electrons.